The first-order chi connectivity index (χ1) is 10.2. The average molecular weight is 309 g/mol. The van der Waals surface area contributed by atoms with Gasteiger partial charge in [0.05, 0.1) is 25.5 Å². The Morgan fingerprint density at radius 2 is 2.14 bits per heavy atom. The van der Waals surface area contributed by atoms with E-state index in [0.717, 1.165) is 32.8 Å². The van der Waals surface area contributed by atoms with E-state index in [0.29, 0.717) is 12.0 Å². The van der Waals surface area contributed by atoms with Gasteiger partial charge in [-0.05, 0) is 25.3 Å². The van der Waals surface area contributed by atoms with Gasteiger partial charge in [0.15, 0.2) is 0 Å². The van der Waals surface area contributed by atoms with E-state index in [2.05, 4.69) is 29.0 Å². The van der Waals surface area contributed by atoms with Crippen molar-refractivity contribution in [2.75, 3.05) is 39.4 Å². The zero-order valence-corrected chi connectivity index (χ0v) is 14.1. The van der Waals surface area contributed by atoms with Gasteiger partial charge in [-0.25, -0.2) is 4.98 Å². The molecule has 1 aromatic rings. The van der Waals surface area contributed by atoms with Crippen LogP contribution in [0.5, 0.6) is 0 Å². The number of hydrogen-bond donors (Lipinski definition) is 0. The standard InChI is InChI=1S/C16H27N3OS/c1-13(2)15-12-21-16(17-15)11-18-5-3-4-14(10-18)19-6-8-20-9-7-19/h12-14H,3-11H2,1-2H3. The van der Waals surface area contributed by atoms with Crippen LogP contribution < -0.4 is 0 Å². The zero-order chi connectivity index (χ0) is 14.7. The first kappa shape index (κ1) is 15.4. The summed E-state index contributed by atoms with van der Waals surface area (Å²) in [6.07, 6.45) is 2.65. The Kier molecular flexibility index (Phi) is 5.27. The van der Waals surface area contributed by atoms with Gasteiger partial charge in [-0.3, -0.25) is 9.80 Å². The molecule has 2 saturated heterocycles. The number of piperidine rings is 1. The van der Waals surface area contributed by atoms with Crippen LogP contribution in [-0.2, 0) is 11.3 Å². The number of rotatable bonds is 4. The summed E-state index contributed by atoms with van der Waals surface area (Å²) in [7, 11) is 0. The van der Waals surface area contributed by atoms with E-state index in [1.54, 1.807) is 0 Å². The lowest BCUT2D eigenvalue weighted by Gasteiger charge is -2.40. The molecule has 3 heterocycles. The highest BCUT2D eigenvalue weighted by Gasteiger charge is 2.26. The van der Waals surface area contributed by atoms with E-state index in [1.807, 2.05) is 11.3 Å². The van der Waals surface area contributed by atoms with Gasteiger partial charge in [0, 0.05) is 31.1 Å². The maximum absolute atomic E-state index is 5.47. The quantitative estimate of drug-likeness (QED) is 0.855. The molecule has 2 fully saturated rings. The molecule has 2 aliphatic heterocycles. The van der Waals surface area contributed by atoms with E-state index < -0.39 is 0 Å². The van der Waals surface area contributed by atoms with Crippen LogP contribution in [0, 0.1) is 0 Å². The highest BCUT2D eigenvalue weighted by molar-refractivity contribution is 7.09. The van der Waals surface area contributed by atoms with Crippen LogP contribution in [-0.4, -0.2) is 60.2 Å². The van der Waals surface area contributed by atoms with E-state index in [9.17, 15) is 0 Å². The zero-order valence-electron chi connectivity index (χ0n) is 13.3. The van der Waals surface area contributed by atoms with Crippen molar-refractivity contribution in [3.05, 3.63) is 16.1 Å². The van der Waals surface area contributed by atoms with Crippen LogP contribution in [0.15, 0.2) is 5.38 Å². The molecule has 0 N–H and O–H groups in total. The van der Waals surface area contributed by atoms with Gasteiger partial charge in [0.1, 0.15) is 5.01 Å². The summed E-state index contributed by atoms with van der Waals surface area (Å²) in [6, 6.07) is 0.715. The minimum atomic E-state index is 0.539. The molecule has 1 atom stereocenters. The maximum Gasteiger partial charge on any atom is 0.107 e. The molecular formula is C16H27N3OS. The van der Waals surface area contributed by atoms with Crippen molar-refractivity contribution in [3.8, 4) is 0 Å². The van der Waals surface area contributed by atoms with Crippen LogP contribution in [0.1, 0.15) is 43.3 Å². The van der Waals surface area contributed by atoms with Gasteiger partial charge in [0.2, 0.25) is 0 Å². The second-order valence-corrected chi connectivity index (χ2v) is 7.44. The van der Waals surface area contributed by atoms with Crippen molar-refractivity contribution in [1.82, 2.24) is 14.8 Å². The lowest BCUT2D eigenvalue weighted by Crippen LogP contribution is -2.51. The SMILES string of the molecule is CC(C)c1csc(CN2CCCC(N3CCOCC3)C2)n1. The van der Waals surface area contributed by atoms with Crippen molar-refractivity contribution < 1.29 is 4.74 Å². The minimum Gasteiger partial charge on any atom is -0.379 e. The van der Waals surface area contributed by atoms with E-state index >= 15 is 0 Å². The number of likely N-dealkylation sites (tertiary alicyclic amines) is 1. The fraction of sp³-hybridized carbons (Fsp3) is 0.812. The Balaban J connectivity index is 1.55. The van der Waals surface area contributed by atoms with Crippen LogP contribution in [0.4, 0.5) is 0 Å². The topological polar surface area (TPSA) is 28.6 Å². The van der Waals surface area contributed by atoms with Crippen LogP contribution in [0.25, 0.3) is 0 Å². The lowest BCUT2D eigenvalue weighted by molar-refractivity contribution is -0.00359. The summed E-state index contributed by atoms with van der Waals surface area (Å²) < 4.78 is 5.47. The lowest BCUT2D eigenvalue weighted by atomic mass is 10.0. The second kappa shape index (κ2) is 7.18. The molecule has 0 saturated carbocycles. The van der Waals surface area contributed by atoms with Crippen LogP contribution >= 0.6 is 11.3 Å². The summed E-state index contributed by atoms with van der Waals surface area (Å²) in [5.41, 5.74) is 1.25. The summed E-state index contributed by atoms with van der Waals surface area (Å²) in [4.78, 5) is 10.00. The Hall–Kier alpha value is -0.490. The first-order valence-electron chi connectivity index (χ1n) is 8.21. The Labute approximate surface area is 132 Å². The van der Waals surface area contributed by atoms with Crippen LogP contribution in [0.3, 0.4) is 0 Å². The first-order valence-corrected chi connectivity index (χ1v) is 9.09. The van der Waals surface area contributed by atoms with Gasteiger partial charge in [0.25, 0.3) is 0 Å². The molecule has 3 rings (SSSR count). The van der Waals surface area contributed by atoms with Crippen molar-refractivity contribution in [2.45, 2.75) is 45.2 Å². The Morgan fingerprint density at radius 3 is 2.86 bits per heavy atom. The number of ether oxygens (including phenoxy) is 1. The molecular weight excluding hydrogens is 282 g/mol. The highest BCUT2D eigenvalue weighted by atomic mass is 32.1. The average Bonchev–Trinajstić information content (AvgIpc) is 2.97. The molecule has 0 spiro atoms. The third-order valence-corrected chi connectivity index (χ3v) is 5.41. The third kappa shape index (κ3) is 4.03. The number of hydrogen-bond acceptors (Lipinski definition) is 5. The summed E-state index contributed by atoms with van der Waals surface area (Å²) >= 11 is 1.82. The normalized spacial score (nSPS) is 25.6. The van der Waals surface area contributed by atoms with Crippen LogP contribution in [0.2, 0.25) is 0 Å². The Morgan fingerprint density at radius 1 is 1.33 bits per heavy atom. The molecule has 0 amide bonds. The number of morpholine rings is 1. The second-order valence-electron chi connectivity index (χ2n) is 6.50. The molecule has 2 aliphatic rings. The molecule has 0 aliphatic carbocycles. The van der Waals surface area contributed by atoms with Gasteiger partial charge in [-0.1, -0.05) is 13.8 Å². The van der Waals surface area contributed by atoms with Crippen molar-refractivity contribution in [3.63, 3.8) is 0 Å². The Bertz CT molecular complexity index is 442. The maximum atomic E-state index is 5.47. The van der Waals surface area contributed by atoms with Crippen molar-refractivity contribution in [2.24, 2.45) is 0 Å². The molecule has 0 radical (unpaired) electrons. The molecule has 0 bridgehead atoms. The third-order valence-electron chi connectivity index (χ3n) is 4.56. The van der Waals surface area contributed by atoms with Gasteiger partial charge >= 0.3 is 0 Å². The molecule has 21 heavy (non-hydrogen) atoms. The fourth-order valence-corrected chi connectivity index (χ4v) is 4.27. The summed E-state index contributed by atoms with van der Waals surface area (Å²) in [5.74, 6) is 0.539. The molecule has 4 nitrogen and oxygen atoms in total. The smallest absolute Gasteiger partial charge is 0.107 e. The number of nitrogens with zero attached hydrogens (tertiary/aromatic N) is 3. The molecule has 118 valence electrons. The minimum absolute atomic E-state index is 0.539. The van der Waals surface area contributed by atoms with Crippen molar-refractivity contribution >= 4 is 11.3 Å². The monoisotopic (exact) mass is 309 g/mol. The van der Waals surface area contributed by atoms with Gasteiger partial charge in [-0.2, -0.15) is 0 Å². The number of thiazole rings is 1. The largest absolute Gasteiger partial charge is 0.379 e. The molecule has 1 aromatic heterocycles. The summed E-state index contributed by atoms with van der Waals surface area (Å²) in [5, 5.41) is 3.50. The predicted octanol–water partition coefficient (Wildman–Crippen LogP) is 2.56. The van der Waals surface area contributed by atoms with Gasteiger partial charge < -0.3 is 4.74 Å². The van der Waals surface area contributed by atoms with Gasteiger partial charge in [-0.15, -0.1) is 11.3 Å². The number of aromatic nitrogens is 1. The highest BCUT2D eigenvalue weighted by Crippen LogP contribution is 2.22. The molecule has 5 heteroatoms. The van der Waals surface area contributed by atoms with E-state index in [-0.39, 0.29) is 0 Å². The van der Waals surface area contributed by atoms with Crippen molar-refractivity contribution in [1.29, 1.82) is 0 Å². The molecule has 0 aromatic carbocycles. The molecule has 1 unspecified atom stereocenters. The predicted molar refractivity (Wildman–Crippen MR) is 86.9 cm³/mol. The van der Waals surface area contributed by atoms with E-state index in [4.69, 9.17) is 9.72 Å². The fourth-order valence-electron chi connectivity index (χ4n) is 3.27. The summed E-state index contributed by atoms with van der Waals surface area (Å²) in [6.45, 7) is 11.9. The van der Waals surface area contributed by atoms with E-state index in [1.165, 1.54) is 36.6 Å².